The Kier molecular flexibility index (Phi) is 4.51. The highest BCUT2D eigenvalue weighted by molar-refractivity contribution is 7.92. The fourth-order valence-corrected chi connectivity index (χ4v) is 2.65. The van der Waals surface area contributed by atoms with E-state index in [1.165, 1.54) is 0 Å². The van der Waals surface area contributed by atoms with E-state index in [1.807, 2.05) is 31.2 Å². The molecular weight excluding hydrogens is 300 g/mol. The number of aryl methyl sites for hydroxylation is 1. The molecule has 0 aromatic heterocycles. The van der Waals surface area contributed by atoms with Crippen LogP contribution in [-0.2, 0) is 10.0 Å². The minimum Gasteiger partial charge on any atom is -0.322 e. The molecule has 1 amide bonds. The Labute approximate surface area is 130 Å². The minimum atomic E-state index is -3.39. The van der Waals surface area contributed by atoms with E-state index in [4.69, 9.17) is 0 Å². The van der Waals surface area contributed by atoms with Crippen molar-refractivity contribution >= 4 is 27.3 Å². The van der Waals surface area contributed by atoms with Crippen molar-refractivity contribution in [3.63, 3.8) is 0 Å². The lowest BCUT2D eigenvalue weighted by Crippen LogP contribution is -2.16. The standard InChI is InChI=1S/C16H18N2O3S/c1-11-7-9-13(10-8-11)17-16(19)14-5-4-6-15(12(14)2)18-22(3,20)21/h4-10,18H,1-3H3,(H,17,19). The number of benzene rings is 2. The van der Waals surface area contributed by atoms with Crippen molar-refractivity contribution in [2.45, 2.75) is 13.8 Å². The summed E-state index contributed by atoms with van der Waals surface area (Å²) in [6.07, 6.45) is 1.07. The summed E-state index contributed by atoms with van der Waals surface area (Å²) >= 11 is 0. The molecule has 6 heteroatoms. The van der Waals surface area contributed by atoms with Gasteiger partial charge in [0.25, 0.3) is 5.91 Å². The second-order valence-corrected chi connectivity index (χ2v) is 6.92. The van der Waals surface area contributed by atoms with Crippen molar-refractivity contribution in [1.29, 1.82) is 0 Å². The minimum absolute atomic E-state index is 0.279. The first kappa shape index (κ1) is 16.0. The number of anilines is 2. The van der Waals surface area contributed by atoms with Gasteiger partial charge < -0.3 is 5.32 Å². The molecule has 0 aliphatic heterocycles. The van der Waals surface area contributed by atoms with Gasteiger partial charge in [0.2, 0.25) is 10.0 Å². The molecule has 0 atom stereocenters. The summed E-state index contributed by atoms with van der Waals surface area (Å²) in [5.74, 6) is -0.279. The molecule has 0 fully saturated rings. The van der Waals surface area contributed by atoms with E-state index in [0.29, 0.717) is 22.5 Å². The smallest absolute Gasteiger partial charge is 0.256 e. The molecule has 0 aliphatic carbocycles. The lowest BCUT2D eigenvalue weighted by molar-refractivity contribution is 0.102. The maximum Gasteiger partial charge on any atom is 0.256 e. The molecule has 0 spiro atoms. The first-order valence-electron chi connectivity index (χ1n) is 6.72. The topological polar surface area (TPSA) is 75.3 Å². The van der Waals surface area contributed by atoms with Crippen LogP contribution in [0.3, 0.4) is 0 Å². The van der Waals surface area contributed by atoms with Gasteiger partial charge in [-0.15, -0.1) is 0 Å². The van der Waals surface area contributed by atoms with Crippen molar-refractivity contribution in [3.05, 3.63) is 59.2 Å². The number of rotatable bonds is 4. The maximum absolute atomic E-state index is 12.3. The van der Waals surface area contributed by atoms with Gasteiger partial charge in [0, 0.05) is 11.3 Å². The lowest BCUT2D eigenvalue weighted by atomic mass is 10.1. The van der Waals surface area contributed by atoms with Gasteiger partial charge in [-0.2, -0.15) is 0 Å². The van der Waals surface area contributed by atoms with Crippen LogP contribution in [0, 0.1) is 13.8 Å². The van der Waals surface area contributed by atoms with Crippen LogP contribution in [0.1, 0.15) is 21.5 Å². The Balaban J connectivity index is 2.26. The van der Waals surface area contributed by atoms with E-state index in [1.54, 1.807) is 25.1 Å². The average molecular weight is 318 g/mol. The number of carbonyl (C=O) groups excluding carboxylic acids is 1. The third kappa shape index (κ3) is 4.08. The van der Waals surface area contributed by atoms with E-state index in [2.05, 4.69) is 10.0 Å². The monoisotopic (exact) mass is 318 g/mol. The van der Waals surface area contributed by atoms with Crippen LogP contribution in [0.25, 0.3) is 0 Å². The SMILES string of the molecule is Cc1ccc(NC(=O)c2cccc(NS(C)(=O)=O)c2C)cc1. The van der Waals surface area contributed by atoms with Crippen molar-refractivity contribution in [2.75, 3.05) is 16.3 Å². The highest BCUT2D eigenvalue weighted by Gasteiger charge is 2.13. The van der Waals surface area contributed by atoms with Crippen LogP contribution in [0.5, 0.6) is 0 Å². The first-order valence-corrected chi connectivity index (χ1v) is 8.61. The zero-order valence-electron chi connectivity index (χ0n) is 12.7. The summed E-state index contributed by atoms with van der Waals surface area (Å²) < 4.78 is 25.1. The number of carbonyl (C=O) groups is 1. The van der Waals surface area contributed by atoms with Crippen molar-refractivity contribution in [3.8, 4) is 0 Å². The Morgan fingerprint density at radius 2 is 1.64 bits per heavy atom. The van der Waals surface area contributed by atoms with Gasteiger partial charge in [0.1, 0.15) is 0 Å². The normalized spacial score (nSPS) is 11.0. The third-order valence-electron chi connectivity index (χ3n) is 3.18. The molecule has 2 aromatic carbocycles. The Bertz CT molecular complexity index is 797. The predicted octanol–water partition coefficient (Wildman–Crippen LogP) is 2.93. The third-order valence-corrected chi connectivity index (χ3v) is 3.77. The van der Waals surface area contributed by atoms with E-state index >= 15 is 0 Å². The summed E-state index contributed by atoms with van der Waals surface area (Å²) in [5, 5.41) is 2.80. The van der Waals surface area contributed by atoms with Gasteiger partial charge in [-0.05, 0) is 43.7 Å². The Hall–Kier alpha value is -2.34. The molecule has 5 nitrogen and oxygen atoms in total. The summed E-state index contributed by atoms with van der Waals surface area (Å²) in [5.41, 5.74) is 3.20. The van der Waals surface area contributed by atoms with Crippen LogP contribution in [0.2, 0.25) is 0 Å². The average Bonchev–Trinajstić information content (AvgIpc) is 2.42. The molecule has 2 rings (SSSR count). The van der Waals surface area contributed by atoms with Crippen LogP contribution in [0.4, 0.5) is 11.4 Å². The van der Waals surface area contributed by atoms with Gasteiger partial charge in [0.05, 0.1) is 11.9 Å². The zero-order valence-corrected chi connectivity index (χ0v) is 13.5. The van der Waals surface area contributed by atoms with Crippen molar-refractivity contribution < 1.29 is 13.2 Å². The van der Waals surface area contributed by atoms with Gasteiger partial charge in [0.15, 0.2) is 0 Å². The van der Waals surface area contributed by atoms with Crippen LogP contribution in [-0.4, -0.2) is 20.6 Å². The number of hydrogen-bond acceptors (Lipinski definition) is 3. The van der Waals surface area contributed by atoms with Crippen molar-refractivity contribution in [2.24, 2.45) is 0 Å². The molecule has 2 aromatic rings. The number of amides is 1. The fraction of sp³-hybridized carbons (Fsp3) is 0.188. The molecule has 0 aliphatic rings. The van der Waals surface area contributed by atoms with E-state index in [9.17, 15) is 13.2 Å². The molecule has 0 radical (unpaired) electrons. The maximum atomic E-state index is 12.3. The fourth-order valence-electron chi connectivity index (χ4n) is 2.03. The van der Waals surface area contributed by atoms with E-state index in [0.717, 1.165) is 11.8 Å². The largest absolute Gasteiger partial charge is 0.322 e. The van der Waals surface area contributed by atoms with Gasteiger partial charge in [-0.1, -0.05) is 23.8 Å². The van der Waals surface area contributed by atoms with Crippen LogP contribution < -0.4 is 10.0 Å². The van der Waals surface area contributed by atoms with Gasteiger partial charge in [-0.25, -0.2) is 8.42 Å². The molecule has 0 saturated carbocycles. The molecule has 2 N–H and O–H groups in total. The molecule has 0 bridgehead atoms. The quantitative estimate of drug-likeness (QED) is 0.910. The number of hydrogen-bond donors (Lipinski definition) is 2. The zero-order chi connectivity index (χ0) is 16.3. The number of nitrogens with one attached hydrogen (secondary N) is 2. The molecule has 22 heavy (non-hydrogen) atoms. The second-order valence-electron chi connectivity index (χ2n) is 5.17. The van der Waals surface area contributed by atoms with Gasteiger partial charge >= 0.3 is 0 Å². The molecule has 116 valence electrons. The lowest BCUT2D eigenvalue weighted by Gasteiger charge is -2.12. The van der Waals surface area contributed by atoms with E-state index in [-0.39, 0.29) is 5.91 Å². The van der Waals surface area contributed by atoms with Gasteiger partial charge in [-0.3, -0.25) is 9.52 Å². The predicted molar refractivity (Wildman–Crippen MR) is 88.8 cm³/mol. The number of sulfonamides is 1. The summed E-state index contributed by atoms with van der Waals surface area (Å²) in [4.78, 5) is 12.3. The highest BCUT2D eigenvalue weighted by atomic mass is 32.2. The van der Waals surface area contributed by atoms with Crippen LogP contribution >= 0.6 is 0 Å². The van der Waals surface area contributed by atoms with E-state index < -0.39 is 10.0 Å². The highest BCUT2D eigenvalue weighted by Crippen LogP contribution is 2.21. The van der Waals surface area contributed by atoms with Crippen molar-refractivity contribution in [1.82, 2.24) is 0 Å². The Morgan fingerprint density at radius 1 is 1.00 bits per heavy atom. The Morgan fingerprint density at radius 3 is 2.23 bits per heavy atom. The molecular formula is C16H18N2O3S. The summed E-state index contributed by atoms with van der Waals surface area (Å²) in [6.45, 7) is 3.67. The van der Waals surface area contributed by atoms with Crippen LogP contribution in [0.15, 0.2) is 42.5 Å². The summed E-state index contributed by atoms with van der Waals surface area (Å²) in [6, 6.07) is 12.4. The molecule has 0 unspecified atom stereocenters. The molecule has 0 saturated heterocycles. The molecule has 0 heterocycles. The second kappa shape index (κ2) is 6.19. The summed E-state index contributed by atoms with van der Waals surface area (Å²) in [7, 11) is -3.39. The first-order chi connectivity index (χ1) is 10.3.